The van der Waals surface area contributed by atoms with Gasteiger partial charge in [0.1, 0.15) is 0 Å². The van der Waals surface area contributed by atoms with Crippen LogP contribution in [0.25, 0.3) is 0 Å². The molecule has 3 atom stereocenters. The van der Waals surface area contributed by atoms with Crippen molar-refractivity contribution >= 4 is 0 Å². The fourth-order valence-corrected chi connectivity index (χ4v) is 3.69. The molecule has 0 bridgehead atoms. The highest BCUT2D eigenvalue weighted by Crippen LogP contribution is 2.52. The zero-order valence-electron chi connectivity index (χ0n) is 17.4. The zero-order valence-corrected chi connectivity index (χ0v) is 17.4. The van der Waals surface area contributed by atoms with Gasteiger partial charge in [-0.15, -0.1) is 6.58 Å². The van der Waals surface area contributed by atoms with Crippen molar-refractivity contribution in [1.82, 2.24) is 0 Å². The first-order valence-corrected chi connectivity index (χ1v) is 10.3. The highest BCUT2D eigenvalue weighted by atomic mass is 16.5. The van der Waals surface area contributed by atoms with Gasteiger partial charge in [-0.1, -0.05) is 25.8 Å². The van der Waals surface area contributed by atoms with Gasteiger partial charge in [-0.25, -0.2) is 0 Å². The van der Waals surface area contributed by atoms with E-state index < -0.39 is 0 Å². The van der Waals surface area contributed by atoms with Crippen LogP contribution in [0.5, 0.6) is 0 Å². The molecule has 1 saturated carbocycles. The second-order valence-corrected chi connectivity index (χ2v) is 8.90. The third-order valence-electron chi connectivity index (χ3n) is 5.68. The van der Waals surface area contributed by atoms with Gasteiger partial charge in [-0.2, -0.15) is 0 Å². The van der Waals surface area contributed by atoms with E-state index in [0.29, 0.717) is 13.0 Å². The van der Waals surface area contributed by atoms with Gasteiger partial charge in [0.25, 0.3) is 0 Å². The molecule has 148 valence electrons. The fourth-order valence-electron chi connectivity index (χ4n) is 3.69. The average Bonchev–Trinajstić information content (AvgIpc) is 3.20. The third kappa shape index (κ3) is 8.70. The van der Waals surface area contributed by atoms with Crippen LogP contribution in [0.15, 0.2) is 12.7 Å². The molecule has 3 unspecified atom stereocenters. The average molecular weight is 355 g/mol. The highest BCUT2D eigenvalue weighted by Gasteiger charge is 2.48. The lowest BCUT2D eigenvalue weighted by molar-refractivity contribution is -0.0807. The summed E-state index contributed by atoms with van der Waals surface area (Å²) >= 11 is 0. The number of rotatable bonds is 15. The molecular formula is C22H42O3. The monoisotopic (exact) mass is 354 g/mol. The van der Waals surface area contributed by atoms with E-state index >= 15 is 0 Å². The molecule has 1 fully saturated rings. The summed E-state index contributed by atoms with van der Waals surface area (Å²) in [4.78, 5) is 0. The molecule has 0 aromatic rings. The minimum atomic E-state index is -0.262. The predicted molar refractivity (Wildman–Crippen MR) is 106 cm³/mol. The third-order valence-corrected chi connectivity index (χ3v) is 5.68. The van der Waals surface area contributed by atoms with E-state index in [2.05, 4.69) is 27.4 Å². The van der Waals surface area contributed by atoms with Gasteiger partial charge in [-0.3, -0.25) is 0 Å². The Kier molecular flexibility index (Phi) is 9.69. The summed E-state index contributed by atoms with van der Waals surface area (Å²) in [6.45, 7) is 16.2. The topological polar surface area (TPSA) is 38.7 Å². The largest absolute Gasteiger partial charge is 0.396 e. The molecule has 25 heavy (non-hydrogen) atoms. The van der Waals surface area contributed by atoms with Crippen molar-refractivity contribution in [3.05, 3.63) is 12.7 Å². The lowest BCUT2D eigenvalue weighted by atomic mass is 10.0. The molecule has 0 amide bonds. The van der Waals surface area contributed by atoms with Gasteiger partial charge >= 0.3 is 0 Å². The van der Waals surface area contributed by atoms with Crippen LogP contribution >= 0.6 is 0 Å². The van der Waals surface area contributed by atoms with E-state index in [9.17, 15) is 0 Å². The Morgan fingerprint density at radius 1 is 0.960 bits per heavy atom. The van der Waals surface area contributed by atoms with E-state index in [4.69, 9.17) is 14.6 Å². The van der Waals surface area contributed by atoms with E-state index in [1.54, 1.807) is 0 Å². The van der Waals surface area contributed by atoms with Crippen LogP contribution in [-0.2, 0) is 9.47 Å². The van der Waals surface area contributed by atoms with E-state index in [0.717, 1.165) is 37.2 Å². The molecule has 0 aliphatic heterocycles. The van der Waals surface area contributed by atoms with Crippen LogP contribution in [0.2, 0.25) is 0 Å². The highest BCUT2D eigenvalue weighted by molar-refractivity contribution is 4.97. The normalized spacial score (nSPS) is 23.7. The Bertz CT molecular complexity index is 375. The molecule has 3 nitrogen and oxygen atoms in total. The molecule has 0 aromatic carbocycles. The Hall–Kier alpha value is -0.380. The molecule has 0 saturated heterocycles. The first-order chi connectivity index (χ1) is 11.8. The Morgan fingerprint density at radius 2 is 1.60 bits per heavy atom. The van der Waals surface area contributed by atoms with Gasteiger partial charge in [0, 0.05) is 6.61 Å². The Labute approximate surface area is 156 Å². The lowest BCUT2D eigenvalue weighted by Crippen LogP contribution is -2.32. The molecule has 1 aliphatic rings. The van der Waals surface area contributed by atoms with E-state index in [-0.39, 0.29) is 17.8 Å². The molecule has 0 radical (unpaired) electrons. The molecule has 0 aromatic heterocycles. The minimum absolute atomic E-state index is 0.157. The Balaban J connectivity index is 2.34. The summed E-state index contributed by atoms with van der Waals surface area (Å²) in [5, 5.41) is 9.08. The minimum Gasteiger partial charge on any atom is -0.396 e. The van der Waals surface area contributed by atoms with Crippen molar-refractivity contribution in [3.8, 4) is 0 Å². The number of hydrogen-bond donors (Lipinski definition) is 1. The summed E-state index contributed by atoms with van der Waals surface area (Å²) in [5.41, 5.74) is -0.418. The number of ether oxygens (including phenoxy) is 2. The Morgan fingerprint density at radius 3 is 2.20 bits per heavy atom. The van der Waals surface area contributed by atoms with Crippen LogP contribution in [0.4, 0.5) is 0 Å². The first kappa shape index (κ1) is 22.7. The predicted octanol–water partition coefficient (Wildman–Crippen LogP) is 5.37. The first-order valence-electron chi connectivity index (χ1n) is 10.3. The van der Waals surface area contributed by atoms with Crippen molar-refractivity contribution in [2.24, 2.45) is 17.8 Å². The summed E-state index contributed by atoms with van der Waals surface area (Å²) < 4.78 is 12.2. The van der Waals surface area contributed by atoms with Crippen LogP contribution in [0, 0.1) is 17.8 Å². The van der Waals surface area contributed by atoms with Gasteiger partial charge in [0.15, 0.2) is 0 Å². The number of aliphatic hydroxyl groups is 1. The van der Waals surface area contributed by atoms with Crippen LogP contribution in [-0.4, -0.2) is 36.1 Å². The van der Waals surface area contributed by atoms with Crippen LogP contribution < -0.4 is 0 Å². The van der Waals surface area contributed by atoms with Crippen molar-refractivity contribution in [2.45, 2.75) is 90.8 Å². The maximum absolute atomic E-state index is 9.08. The quantitative estimate of drug-likeness (QED) is 0.402. The maximum atomic E-state index is 9.08. The fraction of sp³-hybridized carbons (Fsp3) is 0.909. The maximum Gasteiger partial charge on any atom is 0.0648 e. The molecule has 0 spiro atoms. The summed E-state index contributed by atoms with van der Waals surface area (Å²) in [6.07, 6.45) is 9.96. The van der Waals surface area contributed by atoms with E-state index in [1.165, 1.54) is 25.7 Å². The molecule has 1 aliphatic carbocycles. The summed E-state index contributed by atoms with van der Waals surface area (Å²) in [7, 11) is 0. The standard InChI is InChI=1S/C22H42O3/c1-7-9-11-18-19(12-10-8-2)20(18)17-25-22(5,6)14-16-24-21(3,4)13-15-23/h7,18-20,23H,1,8-17H2,2-6H3. The smallest absolute Gasteiger partial charge is 0.0648 e. The number of aliphatic hydroxyl groups excluding tert-OH is 1. The van der Waals surface area contributed by atoms with Gasteiger partial charge < -0.3 is 14.6 Å². The molecule has 3 heteroatoms. The molecular weight excluding hydrogens is 312 g/mol. The zero-order chi connectivity index (χ0) is 18.9. The second-order valence-electron chi connectivity index (χ2n) is 8.90. The van der Waals surface area contributed by atoms with Crippen LogP contribution in [0.3, 0.4) is 0 Å². The van der Waals surface area contributed by atoms with Crippen LogP contribution in [0.1, 0.15) is 79.6 Å². The van der Waals surface area contributed by atoms with E-state index in [1.807, 2.05) is 19.9 Å². The number of unbranched alkanes of at least 4 members (excludes halogenated alkanes) is 1. The second kappa shape index (κ2) is 10.7. The van der Waals surface area contributed by atoms with Crippen molar-refractivity contribution < 1.29 is 14.6 Å². The molecule has 1 N–H and O–H groups in total. The summed E-state index contributed by atoms with van der Waals surface area (Å²) in [6, 6.07) is 0. The van der Waals surface area contributed by atoms with Crippen molar-refractivity contribution in [3.63, 3.8) is 0 Å². The van der Waals surface area contributed by atoms with Gasteiger partial charge in [0.2, 0.25) is 0 Å². The molecule has 0 heterocycles. The number of hydrogen-bond acceptors (Lipinski definition) is 3. The van der Waals surface area contributed by atoms with Crippen molar-refractivity contribution in [2.75, 3.05) is 19.8 Å². The lowest BCUT2D eigenvalue weighted by Gasteiger charge is -2.29. The van der Waals surface area contributed by atoms with Crippen molar-refractivity contribution in [1.29, 1.82) is 0 Å². The van der Waals surface area contributed by atoms with Gasteiger partial charge in [0.05, 0.1) is 24.4 Å². The van der Waals surface area contributed by atoms with Gasteiger partial charge in [-0.05, 0) is 77.6 Å². The SMILES string of the molecule is C=CCCC1C(CCCC)C1COC(C)(C)CCOC(C)(C)CCO. The number of allylic oxidation sites excluding steroid dienone is 1. The summed E-state index contributed by atoms with van der Waals surface area (Å²) in [5.74, 6) is 2.42. The molecule has 1 rings (SSSR count).